The van der Waals surface area contributed by atoms with Crippen LogP contribution < -0.4 is 5.56 Å². The van der Waals surface area contributed by atoms with E-state index in [4.69, 9.17) is 4.74 Å². The van der Waals surface area contributed by atoms with E-state index in [1.54, 1.807) is 7.11 Å². The zero-order valence-electron chi connectivity index (χ0n) is 13.5. The van der Waals surface area contributed by atoms with Gasteiger partial charge >= 0.3 is 0 Å². The van der Waals surface area contributed by atoms with Crippen molar-refractivity contribution < 1.29 is 13.5 Å². The number of hydrogen-bond acceptors (Lipinski definition) is 3. The number of benzene rings is 1. The van der Waals surface area contributed by atoms with Crippen molar-refractivity contribution in [2.24, 2.45) is 5.92 Å². The van der Waals surface area contributed by atoms with Gasteiger partial charge in [-0.15, -0.1) is 0 Å². The molecular formula is C18H20F2N2O2. The summed E-state index contributed by atoms with van der Waals surface area (Å²) in [6.07, 6.45) is 4.32. The van der Waals surface area contributed by atoms with E-state index in [1.807, 2.05) is 0 Å². The molecule has 1 aliphatic rings. The van der Waals surface area contributed by atoms with Crippen LogP contribution in [-0.4, -0.2) is 23.0 Å². The van der Waals surface area contributed by atoms with Gasteiger partial charge in [-0.1, -0.05) is 18.9 Å². The van der Waals surface area contributed by atoms with E-state index >= 15 is 0 Å². The molecule has 3 rings (SSSR count). The number of nitrogens with zero attached hydrogens (tertiary/aromatic N) is 2. The Labute approximate surface area is 139 Å². The third-order valence-corrected chi connectivity index (χ3v) is 4.67. The minimum absolute atomic E-state index is 0.103. The molecule has 1 fully saturated rings. The topological polar surface area (TPSA) is 44.1 Å². The molecule has 1 heterocycles. The number of aromatic nitrogens is 2. The van der Waals surface area contributed by atoms with E-state index in [-0.39, 0.29) is 29.5 Å². The molecule has 1 atom stereocenters. The number of hydrogen-bond donors (Lipinski definition) is 0. The van der Waals surface area contributed by atoms with Crippen molar-refractivity contribution in [3.8, 4) is 11.3 Å². The molecule has 0 bridgehead atoms. The fraction of sp³-hybridized carbons (Fsp3) is 0.444. The van der Waals surface area contributed by atoms with Gasteiger partial charge in [0, 0.05) is 13.2 Å². The second kappa shape index (κ2) is 7.21. The van der Waals surface area contributed by atoms with Gasteiger partial charge in [0.1, 0.15) is 11.6 Å². The molecule has 1 unspecified atom stereocenters. The molecule has 0 spiro atoms. The largest absolute Gasteiger partial charge is 0.379 e. The zero-order valence-corrected chi connectivity index (χ0v) is 13.5. The van der Waals surface area contributed by atoms with Crippen LogP contribution in [-0.2, 0) is 11.3 Å². The standard InChI is InChI=1S/C18H20F2N2O2/c1-24-16(12-5-2-3-6-12)11-22-17(23)10-9-15(21-22)18-13(19)7-4-8-14(18)20/h4,7-10,12,16H,2-3,5-6,11H2,1H3. The van der Waals surface area contributed by atoms with Gasteiger partial charge in [0.2, 0.25) is 0 Å². The molecule has 1 aromatic heterocycles. The summed E-state index contributed by atoms with van der Waals surface area (Å²) in [6, 6.07) is 6.27. The van der Waals surface area contributed by atoms with Gasteiger partial charge < -0.3 is 4.74 Å². The van der Waals surface area contributed by atoms with Crippen molar-refractivity contribution >= 4 is 0 Å². The summed E-state index contributed by atoms with van der Waals surface area (Å²) < 4.78 is 34.7. The molecule has 1 saturated carbocycles. The predicted molar refractivity (Wildman–Crippen MR) is 86.6 cm³/mol. The van der Waals surface area contributed by atoms with Crippen LogP contribution in [0.5, 0.6) is 0 Å². The highest BCUT2D eigenvalue weighted by Crippen LogP contribution is 2.29. The third kappa shape index (κ3) is 3.38. The van der Waals surface area contributed by atoms with Crippen molar-refractivity contribution in [1.82, 2.24) is 9.78 Å². The predicted octanol–water partition coefficient (Wildman–Crippen LogP) is 3.39. The van der Waals surface area contributed by atoms with Crippen molar-refractivity contribution in [2.45, 2.75) is 38.3 Å². The molecule has 1 aliphatic carbocycles. The lowest BCUT2D eigenvalue weighted by atomic mass is 10.0. The van der Waals surface area contributed by atoms with Gasteiger partial charge in [-0.2, -0.15) is 5.10 Å². The van der Waals surface area contributed by atoms with Crippen LogP contribution in [0.15, 0.2) is 35.1 Å². The van der Waals surface area contributed by atoms with Crippen LogP contribution in [0, 0.1) is 17.6 Å². The van der Waals surface area contributed by atoms with Crippen LogP contribution in [0.1, 0.15) is 25.7 Å². The molecule has 2 aromatic rings. The molecule has 0 saturated heterocycles. The normalized spacial score (nSPS) is 16.5. The lowest BCUT2D eigenvalue weighted by Crippen LogP contribution is -2.33. The van der Waals surface area contributed by atoms with Crippen molar-refractivity contribution in [1.29, 1.82) is 0 Å². The van der Waals surface area contributed by atoms with Gasteiger partial charge in [0.05, 0.1) is 23.9 Å². The maximum Gasteiger partial charge on any atom is 0.266 e. The maximum absolute atomic E-state index is 14.0. The van der Waals surface area contributed by atoms with E-state index < -0.39 is 11.6 Å². The summed E-state index contributed by atoms with van der Waals surface area (Å²) in [7, 11) is 1.62. The molecule has 128 valence electrons. The Morgan fingerprint density at radius 2 is 1.88 bits per heavy atom. The van der Waals surface area contributed by atoms with Crippen molar-refractivity contribution in [2.75, 3.05) is 7.11 Å². The molecule has 0 aliphatic heterocycles. The maximum atomic E-state index is 14.0. The summed E-state index contributed by atoms with van der Waals surface area (Å²) in [5.41, 5.74) is -0.428. The van der Waals surface area contributed by atoms with Crippen LogP contribution in [0.4, 0.5) is 8.78 Å². The van der Waals surface area contributed by atoms with Crippen LogP contribution >= 0.6 is 0 Å². The molecule has 0 amide bonds. The fourth-order valence-electron chi connectivity index (χ4n) is 3.37. The molecule has 0 N–H and O–H groups in total. The zero-order chi connectivity index (χ0) is 17.1. The molecule has 24 heavy (non-hydrogen) atoms. The molecule has 6 heteroatoms. The van der Waals surface area contributed by atoms with Gasteiger partial charge in [-0.05, 0) is 37.0 Å². The average molecular weight is 334 g/mol. The quantitative estimate of drug-likeness (QED) is 0.842. The smallest absolute Gasteiger partial charge is 0.266 e. The fourth-order valence-corrected chi connectivity index (χ4v) is 3.37. The van der Waals surface area contributed by atoms with Gasteiger partial charge in [-0.25, -0.2) is 13.5 Å². The minimum Gasteiger partial charge on any atom is -0.379 e. The van der Waals surface area contributed by atoms with E-state index in [0.29, 0.717) is 5.92 Å². The monoisotopic (exact) mass is 334 g/mol. The Balaban J connectivity index is 1.93. The highest BCUT2D eigenvalue weighted by Gasteiger charge is 2.26. The first kappa shape index (κ1) is 16.8. The number of ether oxygens (including phenoxy) is 1. The number of methoxy groups -OCH3 is 1. The first-order chi connectivity index (χ1) is 11.6. The lowest BCUT2D eigenvalue weighted by Gasteiger charge is -2.22. The first-order valence-corrected chi connectivity index (χ1v) is 8.15. The summed E-state index contributed by atoms with van der Waals surface area (Å²) in [5, 5.41) is 4.17. The molecule has 1 aromatic carbocycles. The Bertz CT molecular complexity index is 750. The van der Waals surface area contributed by atoms with Gasteiger partial charge in [-0.3, -0.25) is 4.79 Å². The van der Waals surface area contributed by atoms with Gasteiger partial charge in [0.15, 0.2) is 0 Å². The molecule has 0 radical (unpaired) electrons. The van der Waals surface area contributed by atoms with Gasteiger partial charge in [0.25, 0.3) is 5.56 Å². The van der Waals surface area contributed by atoms with E-state index in [9.17, 15) is 13.6 Å². The number of halogens is 2. The summed E-state index contributed by atoms with van der Waals surface area (Å²) in [5.74, 6) is -1.02. The third-order valence-electron chi connectivity index (χ3n) is 4.67. The summed E-state index contributed by atoms with van der Waals surface area (Å²) in [6.45, 7) is 0.282. The second-order valence-electron chi connectivity index (χ2n) is 6.15. The Morgan fingerprint density at radius 1 is 1.21 bits per heavy atom. The van der Waals surface area contributed by atoms with E-state index in [1.165, 1.54) is 35.0 Å². The van der Waals surface area contributed by atoms with E-state index in [0.717, 1.165) is 25.7 Å². The highest BCUT2D eigenvalue weighted by molar-refractivity contribution is 5.59. The van der Waals surface area contributed by atoms with Crippen LogP contribution in [0.3, 0.4) is 0 Å². The summed E-state index contributed by atoms with van der Waals surface area (Å²) >= 11 is 0. The van der Waals surface area contributed by atoms with Crippen LogP contribution in [0.25, 0.3) is 11.3 Å². The Kier molecular flexibility index (Phi) is 5.04. The van der Waals surface area contributed by atoms with Crippen molar-refractivity contribution in [3.63, 3.8) is 0 Å². The van der Waals surface area contributed by atoms with Crippen LogP contribution in [0.2, 0.25) is 0 Å². The summed E-state index contributed by atoms with van der Waals surface area (Å²) in [4.78, 5) is 12.1. The Morgan fingerprint density at radius 3 is 2.50 bits per heavy atom. The van der Waals surface area contributed by atoms with Crippen molar-refractivity contribution in [3.05, 3.63) is 52.3 Å². The first-order valence-electron chi connectivity index (χ1n) is 8.15. The van der Waals surface area contributed by atoms with E-state index in [2.05, 4.69) is 5.10 Å². The molecular weight excluding hydrogens is 314 g/mol. The molecule has 4 nitrogen and oxygen atoms in total. The lowest BCUT2D eigenvalue weighted by molar-refractivity contribution is 0.0370. The minimum atomic E-state index is -0.702. The average Bonchev–Trinajstić information content (AvgIpc) is 3.09. The second-order valence-corrected chi connectivity index (χ2v) is 6.15. The number of rotatable bonds is 5. The Hall–Kier alpha value is -2.08. The highest BCUT2D eigenvalue weighted by atomic mass is 19.1. The SMILES string of the molecule is COC(Cn1nc(-c2c(F)cccc2F)ccc1=O)C1CCCC1.